The van der Waals surface area contributed by atoms with Gasteiger partial charge in [0.05, 0.1) is 13.2 Å². The number of carbonyl (C=O) groups is 1. The van der Waals surface area contributed by atoms with Crippen molar-refractivity contribution in [3.63, 3.8) is 0 Å². The maximum Gasteiger partial charge on any atom is 0.224 e. The van der Waals surface area contributed by atoms with Gasteiger partial charge in [0.25, 0.3) is 0 Å². The smallest absolute Gasteiger partial charge is 0.224 e. The van der Waals surface area contributed by atoms with Crippen molar-refractivity contribution < 1.29 is 14.3 Å². The molecule has 0 aromatic heterocycles. The SMILES string of the molecule is CC(CN)CCC(=O)Nc1cccc(C2OCCO2)c1. The molecule has 0 saturated carbocycles. The Bertz CT molecular complexity index is 444. The number of benzene rings is 1. The highest BCUT2D eigenvalue weighted by Gasteiger charge is 2.18. The summed E-state index contributed by atoms with van der Waals surface area (Å²) in [6, 6.07) is 7.57. The van der Waals surface area contributed by atoms with Crippen molar-refractivity contribution in [2.45, 2.75) is 26.1 Å². The van der Waals surface area contributed by atoms with E-state index >= 15 is 0 Å². The van der Waals surface area contributed by atoms with Crippen molar-refractivity contribution in [1.29, 1.82) is 0 Å². The quantitative estimate of drug-likeness (QED) is 0.835. The van der Waals surface area contributed by atoms with Gasteiger partial charge in [-0.2, -0.15) is 0 Å². The zero-order valence-electron chi connectivity index (χ0n) is 11.8. The molecule has 1 aliphatic rings. The zero-order chi connectivity index (χ0) is 14.4. The number of hydrogen-bond donors (Lipinski definition) is 2. The molecule has 1 aromatic carbocycles. The lowest BCUT2D eigenvalue weighted by atomic mass is 10.1. The maximum absolute atomic E-state index is 11.9. The summed E-state index contributed by atoms with van der Waals surface area (Å²) in [5.41, 5.74) is 7.24. The van der Waals surface area contributed by atoms with Gasteiger partial charge in [0.1, 0.15) is 0 Å². The van der Waals surface area contributed by atoms with Crippen molar-refractivity contribution in [3.8, 4) is 0 Å². The minimum absolute atomic E-state index is 0.00992. The van der Waals surface area contributed by atoms with E-state index in [9.17, 15) is 4.79 Å². The van der Waals surface area contributed by atoms with Crippen LogP contribution in [0, 0.1) is 5.92 Å². The van der Waals surface area contributed by atoms with Gasteiger partial charge in [-0.05, 0) is 31.0 Å². The fourth-order valence-corrected chi connectivity index (χ4v) is 2.03. The molecule has 1 unspecified atom stereocenters. The molecule has 2 rings (SSSR count). The summed E-state index contributed by atoms with van der Waals surface area (Å²) >= 11 is 0. The second-order valence-corrected chi connectivity index (χ2v) is 5.13. The van der Waals surface area contributed by atoms with Crippen LogP contribution in [0.5, 0.6) is 0 Å². The van der Waals surface area contributed by atoms with Crippen molar-refractivity contribution in [2.75, 3.05) is 25.1 Å². The van der Waals surface area contributed by atoms with Crippen LogP contribution >= 0.6 is 0 Å². The number of ether oxygens (including phenoxy) is 2. The first-order valence-electron chi connectivity index (χ1n) is 7.02. The normalized spacial score (nSPS) is 17.1. The first-order valence-corrected chi connectivity index (χ1v) is 7.02. The number of nitrogens with one attached hydrogen (secondary N) is 1. The number of carbonyl (C=O) groups excluding carboxylic acids is 1. The Hall–Kier alpha value is -1.43. The van der Waals surface area contributed by atoms with Gasteiger partial charge in [0, 0.05) is 17.7 Å². The molecule has 1 saturated heterocycles. The fraction of sp³-hybridized carbons (Fsp3) is 0.533. The Morgan fingerprint density at radius 2 is 2.20 bits per heavy atom. The van der Waals surface area contributed by atoms with E-state index in [-0.39, 0.29) is 12.2 Å². The highest BCUT2D eigenvalue weighted by atomic mass is 16.7. The molecule has 1 fully saturated rings. The van der Waals surface area contributed by atoms with Crippen molar-refractivity contribution in [2.24, 2.45) is 11.7 Å². The van der Waals surface area contributed by atoms with Crippen LogP contribution in [0.2, 0.25) is 0 Å². The Balaban J connectivity index is 1.89. The van der Waals surface area contributed by atoms with Crippen molar-refractivity contribution in [1.82, 2.24) is 0 Å². The number of amides is 1. The molecule has 0 bridgehead atoms. The molecule has 5 heteroatoms. The maximum atomic E-state index is 11.9. The monoisotopic (exact) mass is 278 g/mol. The van der Waals surface area contributed by atoms with Crippen LogP contribution in [-0.2, 0) is 14.3 Å². The molecule has 1 heterocycles. The summed E-state index contributed by atoms with van der Waals surface area (Å²) < 4.78 is 10.9. The van der Waals surface area contributed by atoms with E-state index in [1.165, 1.54) is 0 Å². The van der Waals surface area contributed by atoms with E-state index in [0.29, 0.717) is 32.1 Å². The summed E-state index contributed by atoms with van der Waals surface area (Å²) in [6.45, 7) is 3.87. The Labute approximate surface area is 119 Å². The van der Waals surface area contributed by atoms with E-state index in [1.54, 1.807) is 0 Å². The molecule has 0 aliphatic carbocycles. The minimum atomic E-state index is -0.316. The van der Waals surface area contributed by atoms with Gasteiger partial charge in [-0.3, -0.25) is 4.79 Å². The van der Waals surface area contributed by atoms with Crippen LogP contribution in [0.25, 0.3) is 0 Å². The average Bonchev–Trinajstić information content (AvgIpc) is 2.99. The molecule has 1 aromatic rings. The summed E-state index contributed by atoms with van der Waals surface area (Å²) in [5.74, 6) is 0.378. The van der Waals surface area contributed by atoms with Crippen LogP contribution in [-0.4, -0.2) is 25.7 Å². The molecule has 3 N–H and O–H groups in total. The summed E-state index contributed by atoms with van der Waals surface area (Å²) in [5, 5.41) is 2.89. The summed E-state index contributed by atoms with van der Waals surface area (Å²) in [4.78, 5) is 11.9. The fourth-order valence-electron chi connectivity index (χ4n) is 2.03. The predicted octanol–water partition coefficient (Wildman–Crippen LogP) is 2.05. The molecular formula is C15H22N2O3. The average molecular weight is 278 g/mol. The Morgan fingerprint density at radius 3 is 2.90 bits per heavy atom. The standard InChI is InChI=1S/C15H22N2O3/c1-11(10-16)5-6-14(18)17-13-4-2-3-12(9-13)15-19-7-8-20-15/h2-4,9,11,15H,5-8,10,16H2,1H3,(H,17,18). The molecule has 110 valence electrons. The summed E-state index contributed by atoms with van der Waals surface area (Å²) in [7, 11) is 0. The highest BCUT2D eigenvalue weighted by molar-refractivity contribution is 5.90. The van der Waals surface area contributed by atoms with Gasteiger partial charge >= 0.3 is 0 Å². The molecule has 20 heavy (non-hydrogen) atoms. The van der Waals surface area contributed by atoms with E-state index in [4.69, 9.17) is 15.2 Å². The first-order chi connectivity index (χ1) is 9.69. The minimum Gasteiger partial charge on any atom is -0.346 e. The van der Waals surface area contributed by atoms with Crippen LogP contribution in [0.3, 0.4) is 0 Å². The van der Waals surface area contributed by atoms with Gasteiger partial charge in [0.15, 0.2) is 6.29 Å². The summed E-state index contributed by atoms with van der Waals surface area (Å²) in [6.07, 6.45) is 0.972. The van der Waals surface area contributed by atoms with Gasteiger partial charge in [-0.15, -0.1) is 0 Å². The molecule has 0 radical (unpaired) electrons. The van der Waals surface area contributed by atoms with E-state index in [1.807, 2.05) is 31.2 Å². The predicted molar refractivity (Wildman–Crippen MR) is 77.2 cm³/mol. The van der Waals surface area contributed by atoms with Crippen LogP contribution in [0.1, 0.15) is 31.6 Å². The Kier molecular flexibility index (Phi) is 5.52. The first kappa shape index (κ1) is 15.0. The molecule has 1 atom stereocenters. The third-order valence-electron chi connectivity index (χ3n) is 3.33. The van der Waals surface area contributed by atoms with E-state index in [0.717, 1.165) is 17.7 Å². The number of hydrogen-bond acceptors (Lipinski definition) is 4. The van der Waals surface area contributed by atoms with Crippen LogP contribution in [0.4, 0.5) is 5.69 Å². The largest absolute Gasteiger partial charge is 0.346 e. The molecule has 1 amide bonds. The molecule has 0 spiro atoms. The number of anilines is 1. The lowest BCUT2D eigenvalue weighted by molar-refractivity contribution is -0.116. The van der Waals surface area contributed by atoms with Gasteiger partial charge in [-0.25, -0.2) is 0 Å². The van der Waals surface area contributed by atoms with Crippen molar-refractivity contribution >= 4 is 11.6 Å². The second-order valence-electron chi connectivity index (χ2n) is 5.13. The van der Waals surface area contributed by atoms with Crippen molar-refractivity contribution in [3.05, 3.63) is 29.8 Å². The van der Waals surface area contributed by atoms with Gasteiger partial charge in [0.2, 0.25) is 5.91 Å². The van der Waals surface area contributed by atoms with Gasteiger partial charge in [-0.1, -0.05) is 19.1 Å². The molecule has 5 nitrogen and oxygen atoms in total. The molecular weight excluding hydrogens is 256 g/mol. The number of rotatable bonds is 6. The molecule has 1 aliphatic heterocycles. The third-order valence-corrected chi connectivity index (χ3v) is 3.33. The van der Waals surface area contributed by atoms with Crippen LogP contribution < -0.4 is 11.1 Å². The third kappa shape index (κ3) is 4.30. The Morgan fingerprint density at radius 1 is 1.45 bits per heavy atom. The van der Waals surface area contributed by atoms with E-state index < -0.39 is 0 Å². The second kappa shape index (κ2) is 7.38. The lowest BCUT2D eigenvalue weighted by Gasteiger charge is -2.12. The number of nitrogens with two attached hydrogens (primary N) is 1. The van der Waals surface area contributed by atoms with Gasteiger partial charge < -0.3 is 20.5 Å². The lowest BCUT2D eigenvalue weighted by Crippen LogP contribution is -2.16. The zero-order valence-corrected chi connectivity index (χ0v) is 11.8. The van der Waals surface area contributed by atoms with E-state index in [2.05, 4.69) is 5.32 Å². The highest BCUT2D eigenvalue weighted by Crippen LogP contribution is 2.25. The van der Waals surface area contributed by atoms with Crippen LogP contribution in [0.15, 0.2) is 24.3 Å². The topological polar surface area (TPSA) is 73.6 Å².